The summed E-state index contributed by atoms with van der Waals surface area (Å²) in [5, 5.41) is 10.7. The summed E-state index contributed by atoms with van der Waals surface area (Å²) in [6, 6.07) is 20.7. The molecule has 288 valence electrons. The van der Waals surface area contributed by atoms with Crippen molar-refractivity contribution < 1.29 is 18.6 Å². The number of phenols is 1. The molecule has 0 bridgehead atoms. The average molecular weight is 830 g/mol. The van der Waals surface area contributed by atoms with Gasteiger partial charge in [0.05, 0.1) is 29.4 Å². The number of halogens is 3. The van der Waals surface area contributed by atoms with E-state index in [0.717, 1.165) is 39.8 Å². The van der Waals surface area contributed by atoms with Crippen LogP contribution in [-0.2, 0) is 0 Å². The number of fused-ring (bicyclic) bond motifs is 2. The largest absolute Gasteiger partial charge is 0.505 e. The molecule has 6 aromatic heterocycles. The number of hydrogen-bond donors (Lipinski definition) is 1. The third-order valence-electron chi connectivity index (χ3n) is 9.66. The molecule has 0 radical (unpaired) electrons. The summed E-state index contributed by atoms with van der Waals surface area (Å²) in [7, 11) is 0. The van der Waals surface area contributed by atoms with Crippen molar-refractivity contribution in [3.8, 4) is 56.5 Å². The van der Waals surface area contributed by atoms with Gasteiger partial charge in [0.15, 0.2) is 23.1 Å². The van der Waals surface area contributed by atoms with Crippen LogP contribution >= 0.6 is 15.9 Å². The van der Waals surface area contributed by atoms with Gasteiger partial charge in [0, 0.05) is 76.2 Å². The Kier molecular flexibility index (Phi) is 11.0. The number of hydrogen-bond acceptors (Lipinski definition) is 8. The van der Waals surface area contributed by atoms with Crippen LogP contribution in [0, 0.1) is 37.3 Å². The maximum atomic E-state index is 14.7. The Labute approximate surface area is 336 Å². The average Bonchev–Trinajstić information content (AvgIpc) is 4.16. The number of aromatic nitrogens is 8. The summed E-state index contributed by atoms with van der Waals surface area (Å²) in [5.41, 5.74) is 7.82. The molecule has 13 heteroatoms. The van der Waals surface area contributed by atoms with Gasteiger partial charge in [-0.3, -0.25) is 18.8 Å². The van der Waals surface area contributed by atoms with E-state index in [2.05, 4.69) is 45.8 Å². The van der Waals surface area contributed by atoms with Crippen LogP contribution in [0.2, 0.25) is 0 Å². The smallest absolute Gasteiger partial charge is 0.234 e. The predicted molar refractivity (Wildman–Crippen MR) is 219 cm³/mol. The summed E-state index contributed by atoms with van der Waals surface area (Å²) in [6.45, 7) is 4.43. The van der Waals surface area contributed by atoms with E-state index in [1.165, 1.54) is 49.2 Å². The van der Waals surface area contributed by atoms with Crippen LogP contribution in [0.4, 0.5) is 8.78 Å². The summed E-state index contributed by atoms with van der Waals surface area (Å²) in [4.78, 5) is 26.3. The normalized spacial score (nSPS) is 13.5. The van der Waals surface area contributed by atoms with Gasteiger partial charge < -0.3 is 9.84 Å². The molecule has 2 aliphatic carbocycles. The van der Waals surface area contributed by atoms with E-state index in [1.54, 1.807) is 36.9 Å². The van der Waals surface area contributed by atoms with Crippen molar-refractivity contribution in [2.45, 2.75) is 39.5 Å². The first-order chi connectivity index (χ1) is 27.7. The van der Waals surface area contributed by atoms with Gasteiger partial charge in [0.25, 0.3) is 0 Å². The van der Waals surface area contributed by atoms with Gasteiger partial charge >= 0.3 is 0 Å². The number of imidazole rings is 2. The number of alkyl halides is 1. The monoisotopic (exact) mass is 828 g/mol. The SMILES string of the molecule is BrCC1CC1.Cc1cc(-c2c(-c3ccc(O)c(F)c3)nc3ncccn23)ccn1.Cc1cc(-c2c(-c3ccc(OCC4CC4)c(F)c3)nc3ncccn23)ccn1. The van der Waals surface area contributed by atoms with E-state index in [0.29, 0.717) is 52.3 Å². The topological polar surface area (TPSA) is 116 Å². The van der Waals surface area contributed by atoms with Crippen molar-refractivity contribution in [3.63, 3.8) is 0 Å². The van der Waals surface area contributed by atoms with Gasteiger partial charge in [-0.1, -0.05) is 15.9 Å². The number of pyridine rings is 2. The number of aromatic hydroxyl groups is 1. The van der Waals surface area contributed by atoms with E-state index in [-0.39, 0.29) is 11.6 Å². The molecule has 0 unspecified atom stereocenters. The molecule has 2 fully saturated rings. The molecule has 10 rings (SSSR count). The maximum absolute atomic E-state index is 14.7. The Morgan fingerprint density at radius 3 is 1.63 bits per heavy atom. The molecule has 0 spiro atoms. The van der Waals surface area contributed by atoms with Gasteiger partial charge in [0.2, 0.25) is 11.6 Å². The summed E-state index contributed by atoms with van der Waals surface area (Å²) in [6.07, 6.45) is 15.9. The second-order valence-corrected chi connectivity index (χ2v) is 14.9. The zero-order valence-corrected chi connectivity index (χ0v) is 32.9. The molecule has 8 aromatic rings. The van der Waals surface area contributed by atoms with Crippen LogP contribution in [-0.4, -0.2) is 55.7 Å². The number of rotatable bonds is 8. The third-order valence-corrected chi connectivity index (χ3v) is 10.6. The molecule has 2 aromatic carbocycles. The summed E-state index contributed by atoms with van der Waals surface area (Å²) in [5.74, 6) is 1.55. The fraction of sp³-hybridized carbons (Fsp3) is 0.227. The number of phenolic OH excluding ortho intramolecular Hbond substituents is 1. The van der Waals surface area contributed by atoms with Gasteiger partial charge in [-0.15, -0.1) is 0 Å². The fourth-order valence-electron chi connectivity index (χ4n) is 6.30. The van der Waals surface area contributed by atoms with Gasteiger partial charge in [0.1, 0.15) is 0 Å². The number of aryl methyl sites for hydroxylation is 2. The molecule has 0 aliphatic heterocycles. The first kappa shape index (κ1) is 37.8. The quantitative estimate of drug-likeness (QED) is 0.151. The minimum atomic E-state index is -0.686. The van der Waals surface area contributed by atoms with Gasteiger partial charge in [-0.2, -0.15) is 0 Å². The van der Waals surface area contributed by atoms with Crippen molar-refractivity contribution in [1.29, 1.82) is 0 Å². The molecular weight excluding hydrogens is 790 g/mol. The van der Waals surface area contributed by atoms with Crippen LogP contribution in [0.3, 0.4) is 0 Å². The standard InChI is InChI=1S/C22H19FN4O.C18H13FN4O.C4H7Br/c1-14-11-17(7-9-24-14)21-20(26-22-25-8-2-10-27(21)22)16-5-6-19(18(23)12-16)28-13-15-3-4-15;1-11-9-13(5-7-20-11)17-16(12-3-4-15(24)14(19)10-12)22-18-21-6-2-8-23(17)18;5-3-4-1-2-4/h2,5-12,15H,3-4,13H2,1H3;2-10,24H,1H3;4H,1-3H2. The van der Waals surface area contributed by atoms with E-state index in [9.17, 15) is 13.9 Å². The van der Waals surface area contributed by atoms with Crippen LogP contribution in [0.5, 0.6) is 11.5 Å². The summed E-state index contributed by atoms with van der Waals surface area (Å²) < 4.78 is 37.9. The second-order valence-electron chi connectivity index (χ2n) is 14.2. The molecular formula is C44H39BrF2N8O2. The number of ether oxygens (including phenoxy) is 1. The minimum Gasteiger partial charge on any atom is -0.505 e. The Balaban J connectivity index is 0.000000143. The molecule has 0 amide bonds. The molecule has 0 saturated heterocycles. The summed E-state index contributed by atoms with van der Waals surface area (Å²) >= 11 is 3.38. The minimum absolute atomic E-state index is 0.291. The van der Waals surface area contributed by atoms with E-state index in [4.69, 9.17) is 4.74 Å². The lowest BCUT2D eigenvalue weighted by atomic mass is 10.0. The number of nitrogens with zero attached hydrogens (tertiary/aromatic N) is 8. The molecule has 2 aliphatic rings. The molecule has 0 atom stereocenters. The lowest BCUT2D eigenvalue weighted by molar-refractivity contribution is 0.285. The molecule has 1 N–H and O–H groups in total. The van der Waals surface area contributed by atoms with Crippen LogP contribution in [0.15, 0.2) is 110 Å². The second kappa shape index (κ2) is 16.6. The zero-order valence-electron chi connectivity index (χ0n) is 31.4. The van der Waals surface area contributed by atoms with E-state index >= 15 is 0 Å². The first-order valence-electron chi connectivity index (χ1n) is 18.8. The van der Waals surface area contributed by atoms with E-state index < -0.39 is 5.82 Å². The lowest BCUT2D eigenvalue weighted by Gasteiger charge is -2.09. The molecule has 6 heterocycles. The Morgan fingerprint density at radius 2 is 1.18 bits per heavy atom. The highest BCUT2D eigenvalue weighted by atomic mass is 79.9. The highest BCUT2D eigenvalue weighted by Crippen LogP contribution is 2.36. The van der Waals surface area contributed by atoms with Crippen molar-refractivity contribution in [3.05, 3.63) is 133 Å². The highest BCUT2D eigenvalue weighted by molar-refractivity contribution is 9.09. The highest BCUT2D eigenvalue weighted by Gasteiger charge is 2.24. The van der Waals surface area contributed by atoms with Crippen LogP contribution in [0.25, 0.3) is 56.6 Å². The molecule has 57 heavy (non-hydrogen) atoms. The van der Waals surface area contributed by atoms with Crippen molar-refractivity contribution in [1.82, 2.24) is 38.7 Å². The van der Waals surface area contributed by atoms with Crippen molar-refractivity contribution in [2.75, 3.05) is 11.9 Å². The third kappa shape index (κ3) is 8.68. The Hall–Kier alpha value is -6.08. The fourth-order valence-corrected chi connectivity index (χ4v) is 6.95. The Bertz CT molecular complexity index is 2690. The molecule has 2 saturated carbocycles. The zero-order chi connectivity index (χ0) is 39.5. The van der Waals surface area contributed by atoms with Gasteiger partial charge in [-0.25, -0.2) is 28.7 Å². The van der Waals surface area contributed by atoms with Gasteiger partial charge in [-0.05, 0) is 124 Å². The predicted octanol–water partition coefficient (Wildman–Crippen LogP) is 10.1. The van der Waals surface area contributed by atoms with Crippen LogP contribution < -0.4 is 4.74 Å². The lowest BCUT2D eigenvalue weighted by Crippen LogP contribution is -2.01. The Morgan fingerprint density at radius 1 is 0.649 bits per heavy atom. The van der Waals surface area contributed by atoms with Crippen LogP contribution in [0.1, 0.15) is 37.1 Å². The van der Waals surface area contributed by atoms with Crippen molar-refractivity contribution >= 4 is 27.5 Å². The maximum Gasteiger partial charge on any atom is 0.234 e. The number of benzene rings is 2. The first-order valence-corrected chi connectivity index (χ1v) is 19.9. The van der Waals surface area contributed by atoms with E-state index in [1.807, 2.05) is 77.5 Å². The molecule has 10 nitrogen and oxygen atoms in total. The van der Waals surface area contributed by atoms with Crippen molar-refractivity contribution in [2.24, 2.45) is 11.8 Å².